The summed E-state index contributed by atoms with van der Waals surface area (Å²) in [5.74, 6) is -0.312. The Labute approximate surface area is 110 Å². The summed E-state index contributed by atoms with van der Waals surface area (Å²) >= 11 is 0. The van der Waals surface area contributed by atoms with E-state index in [-0.39, 0.29) is 10.9 Å². The van der Waals surface area contributed by atoms with E-state index >= 15 is 0 Å². The number of hydrogen-bond acceptors (Lipinski definition) is 5. The molecule has 0 aliphatic carbocycles. The zero-order chi connectivity index (χ0) is 14.2. The Bertz CT molecular complexity index is 689. The summed E-state index contributed by atoms with van der Waals surface area (Å²) in [6.45, 7) is 0. The van der Waals surface area contributed by atoms with Gasteiger partial charge in [-0.3, -0.25) is 4.79 Å². The number of rotatable bonds is 2. The van der Waals surface area contributed by atoms with E-state index in [2.05, 4.69) is 4.99 Å². The van der Waals surface area contributed by atoms with Gasteiger partial charge in [-0.15, -0.1) is 0 Å². The largest absolute Gasteiger partial charge is 0.369 e. The highest BCUT2D eigenvalue weighted by Crippen LogP contribution is 2.17. The number of likely N-dealkylation sites (N-methyl/N-ethyl adjacent to an activating group) is 1. The lowest BCUT2D eigenvalue weighted by Crippen LogP contribution is -2.28. The minimum atomic E-state index is -3.72. The van der Waals surface area contributed by atoms with Crippen LogP contribution in [0.15, 0.2) is 39.9 Å². The molecule has 100 valence electrons. The van der Waals surface area contributed by atoms with Crippen LogP contribution in [0, 0.1) is 0 Å². The molecule has 0 bridgehead atoms. The summed E-state index contributed by atoms with van der Waals surface area (Å²) in [6, 6.07) is 5.82. The van der Waals surface area contributed by atoms with E-state index in [9.17, 15) is 13.2 Å². The van der Waals surface area contributed by atoms with E-state index in [0.29, 0.717) is 11.3 Å². The van der Waals surface area contributed by atoms with Crippen molar-refractivity contribution >= 4 is 28.0 Å². The SMILES string of the molecule is CN1C(N)=NC(=O)/C1=C/c1ccc(S(N)(=O)=O)cc1. The van der Waals surface area contributed by atoms with E-state index < -0.39 is 15.9 Å². The number of nitrogens with two attached hydrogens (primary N) is 2. The molecule has 0 radical (unpaired) electrons. The third kappa shape index (κ3) is 2.64. The van der Waals surface area contributed by atoms with Gasteiger partial charge in [-0.05, 0) is 23.8 Å². The number of carbonyl (C=O) groups excluding carboxylic acids is 1. The van der Waals surface area contributed by atoms with Crippen LogP contribution >= 0.6 is 0 Å². The first-order valence-corrected chi connectivity index (χ1v) is 6.80. The third-order valence-corrected chi connectivity index (χ3v) is 3.58. The molecule has 4 N–H and O–H groups in total. The number of amides is 1. The van der Waals surface area contributed by atoms with Crippen LogP contribution in [0.3, 0.4) is 0 Å². The van der Waals surface area contributed by atoms with Crippen LogP contribution in [-0.4, -0.2) is 32.2 Å². The highest BCUT2D eigenvalue weighted by atomic mass is 32.2. The molecule has 1 heterocycles. The first-order valence-electron chi connectivity index (χ1n) is 5.26. The van der Waals surface area contributed by atoms with E-state index in [4.69, 9.17) is 10.9 Å². The quantitative estimate of drug-likeness (QED) is 0.705. The molecule has 0 saturated carbocycles. The van der Waals surface area contributed by atoms with Crippen LogP contribution in [-0.2, 0) is 14.8 Å². The van der Waals surface area contributed by atoms with Crippen molar-refractivity contribution < 1.29 is 13.2 Å². The average Bonchev–Trinajstić information content (AvgIpc) is 2.56. The number of sulfonamides is 1. The van der Waals surface area contributed by atoms with Gasteiger partial charge in [0.1, 0.15) is 5.70 Å². The van der Waals surface area contributed by atoms with Gasteiger partial charge in [0, 0.05) is 7.05 Å². The van der Waals surface area contributed by atoms with Crippen LogP contribution in [0.25, 0.3) is 6.08 Å². The number of carbonyl (C=O) groups is 1. The van der Waals surface area contributed by atoms with Crippen molar-refractivity contribution in [1.82, 2.24) is 4.90 Å². The maximum Gasteiger partial charge on any atom is 0.296 e. The molecule has 19 heavy (non-hydrogen) atoms. The highest BCUT2D eigenvalue weighted by molar-refractivity contribution is 7.89. The van der Waals surface area contributed by atoms with Crippen molar-refractivity contribution in [3.05, 3.63) is 35.5 Å². The number of primary sulfonamides is 1. The molecule has 0 fully saturated rings. The van der Waals surface area contributed by atoms with Gasteiger partial charge < -0.3 is 10.6 Å². The lowest BCUT2D eigenvalue weighted by atomic mass is 10.2. The topological polar surface area (TPSA) is 119 Å². The Morgan fingerprint density at radius 3 is 2.26 bits per heavy atom. The summed E-state index contributed by atoms with van der Waals surface area (Å²) < 4.78 is 22.2. The van der Waals surface area contributed by atoms with Gasteiger partial charge in [0.2, 0.25) is 16.0 Å². The maximum atomic E-state index is 11.5. The smallest absolute Gasteiger partial charge is 0.296 e. The molecular formula is C11H12N4O3S. The van der Waals surface area contributed by atoms with E-state index in [1.165, 1.54) is 17.0 Å². The minimum Gasteiger partial charge on any atom is -0.369 e. The molecular weight excluding hydrogens is 268 g/mol. The zero-order valence-corrected chi connectivity index (χ0v) is 10.9. The van der Waals surface area contributed by atoms with E-state index in [0.717, 1.165) is 0 Å². The summed E-state index contributed by atoms with van der Waals surface area (Å²) in [5.41, 5.74) is 6.48. The minimum absolute atomic E-state index is 0.0107. The van der Waals surface area contributed by atoms with Gasteiger partial charge in [-0.25, -0.2) is 13.6 Å². The average molecular weight is 280 g/mol. The predicted octanol–water partition coefficient (Wildman–Crippen LogP) is -0.538. The lowest BCUT2D eigenvalue weighted by molar-refractivity contribution is -0.114. The van der Waals surface area contributed by atoms with Crippen LogP contribution in [0.4, 0.5) is 0 Å². The number of guanidine groups is 1. The second kappa shape index (κ2) is 4.48. The molecule has 0 spiro atoms. The fourth-order valence-electron chi connectivity index (χ4n) is 1.57. The molecule has 1 aromatic carbocycles. The molecule has 7 nitrogen and oxygen atoms in total. The van der Waals surface area contributed by atoms with Gasteiger partial charge in [0.05, 0.1) is 4.90 Å². The Morgan fingerprint density at radius 2 is 1.84 bits per heavy atom. The van der Waals surface area contributed by atoms with Crippen LogP contribution in [0.5, 0.6) is 0 Å². The fraction of sp³-hybridized carbons (Fsp3) is 0.0909. The molecule has 8 heteroatoms. The van der Waals surface area contributed by atoms with E-state index in [1.54, 1.807) is 25.3 Å². The van der Waals surface area contributed by atoms with Gasteiger partial charge in [0.15, 0.2) is 0 Å². The Morgan fingerprint density at radius 1 is 1.26 bits per heavy atom. The second-order valence-electron chi connectivity index (χ2n) is 3.98. The van der Waals surface area contributed by atoms with Crippen LogP contribution in [0.2, 0.25) is 0 Å². The molecule has 0 atom stereocenters. The Hall–Kier alpha value is -2.19. The monoisotopic (exact) mass is 280 g/mol. The molecule has 0 saturated heterocycles. The van der Waals surface area contributed by atoms with Crippen molar-refractivity contribution in [1.29, 1.82) is 0 Å². The lowest BCUT2D eigenvalue weighted by Gasteiger charge is -2.11. The Balaban J connectivity index is 2.33. The molecule has 1 aliphatic rings. The molecule has 0 unspecified atom stereocenters. The molecule has 1 amide bonds. The number of aliphatic imine (C=N–C) groups is 1. The maximum absolute atomic E-state index is 11.5. The highest BCUT2D eigenvalue weighted by Gasteiger charge is 2.23. The van der Waals surface area contributed by atoms with Crippen molar-refractivity contribution in [2.24, 2.45) is 15.9 Å². The molecule has 2 rings (SSSR count). The summed E-state index contributed by atoms with van der Waals surface area (Å²) in [5, 5.41) is 4.99. The van der Waals surface area contributed by atoms with Crippen molar-refractivity contribution in [3.63, 3.8) is 0 Å². The van der Waals surface area contributed by atoms with Gasteiger partial charge >= 0.3 is 0 Å². The summed E-state index contributed by atoms with van der Waals surface area (Å²) in [6.07, 6.45) is 1.57. The van der Waals surface area contributed by atoms with Crippen molar-refractivity contribution in [2.75, 3.05) is 7.05 Å². The second-order valence-corrected chi connectivity index (χ2v) is 5.54. The fourth-order valence-corrected chi connectivity index (χ4v) is 2.09. The van der Waals surface area contributed by atoms with Gasteiger partial charge in [0.25, 0.3) is 5.91 Å². The molecule has 0 aromatic heterocycles. The van der Waals surface area contributed by atoms with Crippen molar-refractivity contribution in [3.8, 4) is 0 Å². The first kappa shape index (κ1) is 13.2. The van der Waals surface area contributed by atoms with Crippen LogP contribution in [0.1, 0.15) is 5.56 Å². The zero-order valence-electron chi connectivity index (χ0n) is 10.1. The number of hydrogen-bond donors (Lipinski definition) is 2. The predicted molar refractivity (Wildman–Crippen MR) is 70.2 cm³/mol. The Kier molecular flexibility index (Phi) is 3.13. The molecule has 1 aromatic rings. The van der Waals surface area contributed by atoms with Crippen LogP contribution < -0.4 is 10.9 Å². The normalized spacial score (nSPS) is 18.0. The van der Waals surface area contributed by atoms with Gasteiger partial charge in [-0.2, -0.15) is 4.99 Å². The van der Waals surface area contributed by atoms with Gasteiger partial charge in [-0.1, -0.05) is 12.1 Å². The number of benzene rings is 1. The van der Waals surface area contributed by atoms with Crippen molar-refractivity contribution in [2.45, 2.75) is 4.90 Å². The van der Waals surface area contributed by atoms with E-state index in [1.807, 2.05) is 0 Å². The number of nitrogens with zero attached hydrogens (tertiary/aromatic N) is 2. The third-order valence-electron chi connectivity index (χ3n) is 2.65. The molecule has 1 aliphatic heterocycles. The summed E-state index contributed by atoms with van der Waals surface area (Å²) in [4.78, 5) is 16.6. The summed E-state index contributed by atoms with van der Waals surface area (Å²) in [7, 11) is -2.10. The first-order chi connectivity index (χ1) is 8.79. The standard InChI is InChI=1S/C11H12N4O3S/c1-15-9(10(16)14-11(15)12)6-7-2-4-8(5-3-7)19(13,17)18/h2-6H,1H3,(H2,12,14,16)(H2,13,17,18)/b9-6-.